The normalized spacial score (nSPS) is 18.1. The van der Waals surface area contributed by atoms with E-state index in [1.807, 2.05) is 24.3 Å². The lowest BCUT2D eigenvalue weighted by molar-refractivity contribution is -0.00951. The Hall–Kier alpha value is -0.870. The average molecular weight is 308 g/mol. The molecule has 1 saturated heterocycles. The Morgan fingerprint density at radius 1 is 1.10 bits per heavy atom. The van der Waals surface area contributed by atoms with Crippen LogP contribution in [-0.2, 0) is 0 Å². The van der Waals surface area contributed by atoms with Crippen LogP contribution in [0.1, 0.15) is 31.1 Å². The molecular formula is C16H18ClNOS. The zero-order valence-corrected chi connectivity index (χ0v) is 12.8. The van der Waals surface area contributed by atoms with Gasteiger partial charge in [-0.25, -0.2) is 0 Å². The Morgan fingerprint density at radius 2 is 1.80 bits per heavy atom. The molecule has 20 heavy (non-hydrogen) atoms. The van der Waals surface area contributed by atoms with Crippen molar-refractivity contribution in [3.63, 3.8) is 0 Å². The fourth-order valence-electron chi connectivity index (χ4n) is 2.63. The van der Waals surface area contributed by atoms with Crippen molar-refractivity contribution in [1.82, 2.24) is 4.90 Å². The fraction of sp³-hybridized carbons (Fsp3) is 0.375. The van der Waals surface area contributed by atoms with E-state index < -0.39 is 6.23 Å². The molecule has 1 fully saturated rings. The van der Waals surface area contributed by atoms with Gasteiger partial charge in [0.15, 0.2) is 0 Å². The highest BCUT2D eigenvalue weighted by atomic mass is 35.5. The van der Waals surface area contributed by atoms with Gasteiger partial charge in [0, 0.05) is 28.6 Å². The molecule has 0 radical (unpaired) electrons. The van der Waals surface area contributed by atoms with Gasteiger partial charge in [0.1, 0.15) is 6.23 Å². The lowest BCUT2D eigenvalue weighted by Gasteiger charge is -2.30. The third-order valence-electron chi connectivity index (χ3n) is 3.78. The molecule has 1 aromatic heterocycles. The molecule has 0 aliphatic carbocycles. The van der Waals surface area contributed by atoms with Crippen LogP contribution < -0.4 is 0 Å². The number of halogens is 1. The highest BCUT2D eigenvalue weighted by molar-refractivity contribution is 7.13. The third-order valence-corrected chi connectivity index (χ3v) is 5.03. The first-order valence-corrected chi connectivity index (χ1v) is 8.26. The zero-order valence-electron chi connectivity index (χ0n) is 11.3. The molecule has 0 spiro atoms. The summed E-state index contributed by atoms with van der Waals surface area (Å²) in [6.45, 7) is 1.99. The van der Waals surface area contributed by atoms with E-state index in [1.54, 1.807) is 11.3 Å². The van der Waals surface area contributed by atoms with Gasteiger partial charge in [-0.15, -0.1) is 11.3 Å². The summed E-state index contributed by atoms with van der Waals surface area (Å²) in [5.74, 6) is 0. The topological polar surface area (TPSA) is 23.5 Å². The van der Waals surface area contributed by atoms with Crippen molar-refractivity contribution in [1.29, 1.82) is 0 Å². The molecule has 0 amide bonds. The van der Waals surface area contributed by atoms with Crippen LogP contribution >= 0.6 is 22.9 Å². The Bertz CT molecular complexity index is 560. The van der Waals surface area contributed by atoms with E-state index in [4.69, 9.17) is 11.6 Å². The van der Waals surface area contributed by atoms with Crippen molar-refractivity contribution < 1.29 is 5.11 Å². The quantitative estimate of drug-likeness (QED) is 0.899. The maximum atomic E-state index is 10.5. The maximum Gasteiger partial charge on any atom is 0.134 e. The Labute approximate surface area is 128 Å². The molecule has 2 aromatic rings. The van der Waals surface area contributed by atoms with E-state index in [1.165, 1.54) is 24.1 Å². The average Bonchev–Trinajstić information content (AvgIpc) is 2.98. The number of rotatable bonds is 3. The number of hydrogen-bond acceptors (Lipinski definition) is 3. The molecular weight excluding hydrogens is 290 g/mol. The number of aliphatic hydroxyl groups is 1. The van der Waals surface area contributed by atoms with Gasteiger partial charge in [-0.2, -0.15) is 0 Å². The summed E-state index contributed by atoms with van der Waals surface area (Å²) in [6.07, 6.45) is 3.19. The van der Waals surface area contributed by atoms with Crippen LogP contribution in [0, 0.1) is 0 Å². The van der Waals surface area contributed by atoms with Crippen LogP contribution in [-0.4, -0.2) is 23.1 Å². The first-order chi connectivity index (χ1) is 9.74. The molecule has 106 valence electrons. The second-order valence-corrected chi connectivity index (χ2v) is 6.57. The van der Waals surface area contributed by atoms with E-state index >= 15 is 0 Å². The first-order valence-electron chi connectivity index (χ1n) is 7.00. The number of likely N-dealkylation sites (tertiary alicyclic amines) is 1. The van der Waals surface area contributed by atoms with Crippen molar-refractivity contribution in [2.75, 3.05) is 13.1 Å². The highest BCUT2D eigenvalue weighted by Gasteiger charge is 2.20. The molecule has 1 aliphatic heterocycles. The Morgan fingerprint density at radius 3 is 2.50 bits per heavy atom. The Balaban J connectivity index is 1.77. The molecule has 1 aliphatic rings. The summed E-state index contributed by atoms with van der Waals surface area (Å²) < 4.78 is 0. The van der Waals surface area contributed by atoms with Crippen LogP contribution in [0.2, 0.25) is 5.02 Å². The number of hydrogen-bond donors (Lipinski definition) is 1. The van der Waals surface area contributed by atoms with E-state index in [0.717, 1.165) is 29.2 Å². The van der Waals surface area contributed by atoms with Gasteiger partial charge >= 0.3 is 0 Å². The summed E-state index contributed by atoms with van der Waals surface area (Å²) in [5.41, 5.74) is 2.15. The molecule has 1 atom stereocenters. The van der Waals surface area contributed by atoms with Crippen LogP contribution in [0.3, 0.4) is 0 Å². The van der Waals surface area contributed by atoms with E-state index in [0.29, 0.717) is 0 Å². The van der Waals surface area contributed by atoms with E-state index in [9.17, 15) is 5.11 Å². The molecule has 1 unspecified atom stereocenters. The lowest BCUT2D eigenvalue weighted by Crippen LogP contribution is -2.33. The minimum atomic E-state index is -0.465. The second-order valence-electron chi connectivity index (χ2n) is 5.22. The zero-order chi connectivity index (χ0) is 13.9. The molecule has 2 heterocycles. The summed E-state index contributed by atoms with van der Waals surface area (Å²) >= 11 is 7.58. The standard InChI is InChI=1S/C16H18ClNOS/c17-14-6-4-12(5-7-14)15-10-13(11-20-15)16(19)18-8-2-1-3-9-18/h4-7,10-11,16,19H,1-3,8-9H2. The van der Waals surface area contributed by atoms with Crippen LogP contribution in [0.5, 0.6) is 0 Å². The minimum absolute atomic E-state index is 0.465. The van der Waals surface area contributed by atoms with Gasteiger partial charge in [0.05, 0.1) is 0 Å². The van der Waals surface area contributed by atoms with Gasteiger partial charge in [0.25, 0.3) is 0 Å². The maximum absolute atomic E-state index is 10.5. The van der Waals surface area contributed by atoms with E-state index in [-0.39, 0.29) is 0 Å². The first kappa shape index (κ1) is 14.1. The molecule has 0 bridgehead atoms. The van der Waals surface area contributed by atoms with Crippen molar-refractivity contribution in [2.24, 2.45) is 0 Å². The van der Waals surface area contributed by atoms with Gasteiger partial charge in [0.2, 0.25) is 0 Å². The minimum Gasteiger partial charge on any atom is -0.374 e. The van der Waals surface area contributed by atoms with Crippen LogP contribution in [0.4, 0.5) is 0 Å². The fourth-order valence-corrected chi connectivity index (χ4v) is 3.68. The van der Waals surface area contributed by atoms with Crippen LogP contribution in [0.25, 0.3) is 10.4 Å². The molecule has 1 N–H and O–H groups in total. The molecule has 0 saturated carbocycles. The number of benzene rings is 1. The Kier molecular flexibility index (Phi) is 4.41. The molecule has 3 rings (SSSR count). The second kappa shape index (κ2) is 6.27. The van der Waals surface area contributed by atoms with Crippen molar-refractivity contribution in [3.05, 3.63) is 46.3 Å². The number of aliphatic hydroxyl groups excluding tert-OH is 1. The predicted octanol–water partition coefficient (Wildman–Crippen LogP) is 4.55. The molecule has 1 aromatic carbocycles. The van der Waals surface area contributed by atoms with Crippen molar-refractivity contribution >= 4 is 22.9 Å². The number of nitrogens with zero attached hydrogens (tertiary/aromatic N) is 1. The number of piperidine rings is 1. The number of thiophene rings is 1. The monoisotopic (exact) mass is 307 g/mol. The van der Waals surface area contributed by atoms with Crippen molar-refractivity contribution in [2.45, 2.75) is 25.5 Å². The van der Waals surface area contributed by atoms with Crippen molar-refractivity contribution in [3.8, 4) is 10.4 Å². The highest BCUT2D eigenvalue weighted by Crippen LogP contribution is 2.32. The third kappa shape index (κ3) is 3.07. The van der Waals surface area contributed by atoms with Gasteiger partial charge < -0.3 is 5.11 Å². The SMILES string of the molecule is OC(c1csc(-c2ccc(Cl)cc2)c1)N1CCCCC1. The molecule has 4 heteroatoms. The van der Waals surface area contributed by atoms with Crippen LogP contribution in [0.15, 0.2) is 35.7 Å². The van der Waals surface area contributed by atoms with E-state index in [2.05, 4.69) is 16.3 Å². The summed E-state index contributed by atoms with van der Waals surface area (Å²) in [7, 11) is 0. The molecule has 2 nitrogen and oxygen atoms in total. The lowest BCUT2D eigenvalue weighted by atomic mass is 10.1. The summed E-state index contributed by atoms with van der Waals surface area (Å²) in [4.78, 5) is 3.34. The van der Waals surface area contributed by atoms with Gasteiger partial charge in [-0.1, -0.05) is 30.2 Å². The van der Waals surface area contributed by atoms with Gasteiger partial charge in [-0.3, -0.25) is 4.90 Å². The van der Waals surface area contributed by atoms with Gasteiger partial charge in [-0.05, 0) is 42.0 Å². The summed E-state index contributed by atoms with van der Waals surface area (Å²) in [5, 5.41) is 13.3. The largest absolute Gasteiger partial charge is 0.374 e. The smallest absolute Gasteiger partial charge is 0.134 e. The summed E-state index contributed by atoms with van der Waals surface area (Å²) in [6, 6.07) is 9.93. The predicted molar refractivity (Wildman–Crippen MR) is 85.1 cm³/mol.